The lowest BCUT2D eigenvalue weighted by Gasteiger charge is -2.09. The zero-order valence-electron chi connectivity index (χ0n) is 5.88. The van der Waals surface area contributed by atoms with Crippen molar-refractivity contribution in [2.24, 2.45) is 0 Å². The van der Waals surface area contributed by atoms with E-state index in [0.717, 1.165) is 6.54 Å². The van der Waals surface area contributed by atoms with Gasteiger partial charge in [0.05, 0.1) is 6.00 Å². The molecule has 0 atom stereocenters. The molecule has 1 heterocycles. The Labute approximate surface area is 70.2 Å². The van der Waals surface area contributed by atoms with Gasteiger partial charge in [0.2, 0.25) is 0 Å². The number of hydrogen-bond acceptors (Lipinski definition) is 2. The third-order valence-corrected chi connectivity index (χ3v) is 2.48. The topological polar surface area (TPSA) is 3.24 Å². The average molecular weight is 176 g/mol. The predicted octanol–water partition coefficient (Wildman–Crippen LogP) is 2.38. The van der Waals surface area contributed by atoms with E-state index in [1.54, 1.807) is 11.3 Å². The largest absolute Gasteiger partial charge is 0.288 e. The molecular weight excluding hydrogens is 166 g/mol. The molecule has 0 saturated carbocycles. The maximum Gasteiger partial charge on any atom is 0.0739 e. The van der Waals surface area contributed by atoms with Crippen LogP contribution in [0.15, 0.2) is 17.5 Å². The average Bonchev–Trinajstić information content (AvgIpc) is 2.40. The van der Waals surface area contributed by atoms with Crippen molar-refractivity contribution in [3.8, 4) is 0 Å². The van der Waals surface area contributed by atoms with Crippen LogP contribution in [0.5, 0.6) is 0 Å². The third kappa shape index (κ3) is 2.29. The van der Waals surface area contributed by atoms with Gasteiger partial charge < -0.3 is 0 Å². The summed E-state index contributed by atoms with van der Waals surface area (Å²) in [6.45, 7) is 0.959. The summed E-state index contributed by atoms with van der Waals surface area (Å²) in [5, 5.41) is 2.08. The van der Waals surface area contributed by atoms with Crippen LogP contribution in [0.2, 0.25) is 0 Å². The molecule has 0 fully saturated rings. The summed E-state index contributed by atoms with van der Waals surface area (Å²) < 4.78 is 0. The molecule has 0 radical (unpaired) electrons. The molecule has 56 valence electrons. The molecule has 0 unspecified atom stereocenters. The van der Waals surface area contributed by atoms with E-state index in [4.69, 9.17) is 11.6 Å². The number of alkyl halides is 1. The zero-order chi connectivity index (χ0) is 7.40. The number of rotatable bonds is 3. The molecule has 0 N–H and O–H groups in total. The van der Waals surface area contributed by atoms with Crippen molar-refractivity contribution in [2.75, 3.05) is 13.1 Å². The van der Waals surface area contributed by atoms with Crippen molar-refractivity contribution >= 4 is 22.9 Å². The lowest BCUT2D eigenvalue weighted by atomic mass is 10.4. The fourth-order valence-corrected chi connectivity index (χ4v) is 1.58. The van der Waals surface area contributed by atoms with Gasteiger partial charge in [-0.3, -0.25) is 4.90 Å². The summed E-state index contributed by atoms with van der Waals surface area (Å²) in [7, 11) is 2.01. The first-order valence-corrected chi connectivity index (χ1v) is 4.51. The summed E-state index contributed by atoms with van der Waals surface area (Å²) in [6.07, 6.45) is 0. The highest BCUT2D eigenvalue weighted by molar-refractivity contribution is 7.09. The second-order valence-corrected chi connectivity index (χ2v) is 3.48. The lowest BCUT2D eigenvalue weighted by molar-refractivity contribution is 0.386. The molecule has 0 aliphatic heterocycles. The van der Waals surface area contributed by atoms with Crippen molar-refractivity contribution in [2.45, 2.75) is 6.54 Å². The van der Waals surface area contributed by atoms with Crippen LogP contribution in [0.4, 0.5) is 0 Å². The van der Waals surface area contributed by atoms with Gasteiger partial charge in [0.15, 0.2) is 0 Å². The highest BCUT2D eigenvalue weighted by atomic mass is 35.5. The molecule has 1 aromatic heterocycles. The number of hydrogen-bond donors (Lipinski definition) is 0. The van der Waals surface area contributed by atoms with Crippen LogP contribution in [-0.2, 0) is 6.54 Å². The summed E-state index contributed by atoms with van der Waals surface area (Å²) in [5.74, 6) is 0. The van der Waals surface area contributed by atoms with E-state index >= 15 is 0 Å². The Hall–Kier alpha value is -0.0500. The van der Waals surface area contributed by atoms with Crippen LogP contribution in [0, 0.1) is 0 Å². The molecule has 1 aromatic rings. The third-order valence-electron chi connectivity index (χ3n) is 1.21. The zero-order valence-corrected chi connectivity index (χ0v) is 7.45. The maximum atomic E-state index is 5.60. The van der Waals surface area contributed by atoms with Gasteiger partial charge in [-0.1, -0.05) is 6.07 Å². The Morgan fingerprint density at radius 3 is 3.00 bits per heavy atom. The van der Waals surface area contributed by atoms with Gasteiger partial charge in [-0.25, -0.2) is 0 Å². The van der Waals surface area contributed by atoms with E-state index in [2.05, 4.69) is 22.4 Å². The molecule has 0 aliphatic carbocycles. The predicted molar refractivity (Wildman–Crippen MR) is 46.5 cm³/mol. The van der Waals surface area contributed by atoms with E-state index in [-0.39, 0.29) is 0 Å². The Bertz CT molecular complexity index is 174. The molecular formula is C7H10ClNS. The lowest BCUT2D eigenvalue weighted by Crippen LogP contribution is -2.14. The Morgan fingerprint density at radius 2 is 2.50 bits per heavy atom. The first-order valence-electron chi connectivity index (χ1n) is 3.10. The molecule has 0 aromatic carbocycles. The van der Waals surface area contributed by atoms with Crippen molar-refractivity contribution < 1.29 is 0 Å². The minimum atomic E-state index is 0.595. The Balaban J connectivity index is 2.40. The van der Waals surface area contributed by atoms with Gasteiger partial charge in [0.25, 0.3) is 0 Å². The first-order chi connectivity index (χ1) is 4.83. The van der Waals surface area contributed by atoms with E-state index in [0.29, 0.717) is 6.00 Å². The molecule has 0 bridgehead atoms. The second kappa shape index (κ2) is 3.96. The Morgan fingerprint density at radius 1 is 1.70 bits per heavy atom. The van der Waals surface area contributed by atoms with E-state index < -0.39 is 0 Å². The Kier molecular flexibility index (Phi) is 3.19. The minimum Gasteiger partial charge on any atom is -0.288 e. The van der Waals surface area contributed by atoms with Gasteiger partial charge in [-0.2, -0.15) is 0 Å². The van der Waals surface area contributed by atoms with Crippen LogP contribution >= 0.6 is 22.9 Å². The first kappa shape index (κ1) is 8.05. The smallest absolute Gasteiger partial charge is 0.0739 e. The molecule has 3 heteroatoms. The van der Waals surface area contributed by atoms with Crippen molar-refractivity contribution in [1.29, 1.82) is 0 Å². The van der Waals surface area contributed by atoms with Gasteiger partial charge in [0, 0.05) is 11.4 Å². The highest BCUT2D eigenvalue weighted by Gasteiger charge is 1.97. The quantitative estimate of drug-likeness (QED) is 0.504. The molecule has 0 spiro atoms. The monoisotopic (exact) mass is 175 g/mol. The van der Waals surface area contributed by atoms with Gasteiger partial charge in [0.1, 0.15) is 0 Å². The number of nitrogens with zero attached hydrogens (tertiary/aromatic N) is 1. The van der Waals surface area contributed by atoms with E-state index in [1.807, 2.05) is 7.05 Å². The van der Waals surface area contributed by atoms with Crippen LogP contribution in [0.1, 0.15) is 4.88 Å². The molecule has 1 rings (SSSR count). The van der Waals surface area contributed by atoms with Gasteiger partial charge in [-0.05, 0) is 18.5 Å². The summed E-state index contributed by atoms with van der Waals surface area (Å²) in [4.78, 5) is 3.43. The van der Waals surface area contributed by atoms with Gasteiger partial charge >= 0.3 is 0 Å². The summed E-state index contributed by atoms with van der Waals surface area (Å²) >= 11 is 7.37. The normalized spacial score (nSPS) is 10.7. The SMILES string of the molecule is CN(CCl)Cc1cccs1. The summed E-state index contributed by atoms with van der Waals surface area (Å²) in [6, 6.07) is 4.77. The molecule has 0 saturated heterocycles. The fraction of sp³-hybridized carbons (Fsp3) is 0.429. The number of halogens is 1. The highest BCUT2D eigenvalue weighted by Crippen LogP contribution is 2.10. The second-order valence-electron chi connectivity index (χ2n) is 2.21. The van der Waals surface area contributed by atoms with Crippen LogP contribution in [-0.4, -0.2) is 18.0 Å². The van der Waals surface area contributed by atoms with Crippen LogP contribution < -0.4 is 0 Å². The number of thiophene rings is 1. The van der Waals surface area contributed by atoms with E-state index in [9.17, 15) is 0 Å². The van der Waals surface area contributed by atoms with Gasteiger partial charge in [-0.15, -0.1) is 22.9 Å². The van der Waals surface area contributed by atoms with Crippen LogP contribution in [0.25, 0.3) is 0 Å². The van der Waals surface area contributed by atoms with Crippen molar-refractivity contribution in [3.05, 3.63) is 22.4 Å². The molecule has 10 heavy (non-hydrogen) atoms. The van der Waals surface area contributed by atoms with Crippen molar-refractivity contribution in [3.63, 3.8) is 0 Å². The standard InChI is InChI=1S/C7H10ClNS/c1-9(6-8)5-7-3-2-4-10-7/h2-4H,5-6H2,1H3. The fourth-order valence-electron chi connectivity index (χ4n) is 0.711. The molecule has 0 amide bonds. The minimum absolute atomic E-state index is 0.595. The molecule has 1 nitrogen and oxygen atoms in total. The van der Waals surface area contributed by atoms with Crippen LogP contribution in [0.3, 0.4) is 0 Å². The maximum absolute atomic E-state index is 5.60. The van der Waals surface area contributed by atoms with E-state index in [1.165, 1.54) is 4.88 Å². The molecule has 0 aliphatic rings. The van der Waals surface area contributed by atoms with Crippen molar-refractivity contribution in [1.82, 2.24) is 4.90 Å². The summed E-state index contributed by atoms with van der Waals surface area (Å²) in [5.41, 5.74) is 0.